The highest BCUT2D eigenvalue weighted by molar-refractivity contribution is 7.93. The van der Waals surface area contributed by atoms with E-state index in [-0.39, 0.29) is 17.4 Å². The van der Waals surface area contributed by atoms with E-state index < -0.39 is 21.7 Å². The Labute approximate surface area is 201 Å². The summed E-state index contributed by atoms with van der Waals surface area (Å²) in [6, 6.07) is 13.9. The second-order valence-electron chi connectivity index (χ2n) is 9.04. The van der Waals surface area contributed by atoms with Gasteiger partial charge in [0.25, 0.3) is 5.91 Å². The molecule has 0 saturated carbocycles. The molecule has 1 N–H and O–H groups in total. The van der Waals surface area contributed by atoms with E-state index in [4.69, 9.17) is 9.84 Å². The third-order valence-corrected chi connectivity index (χ3v) is 8.01. The van der Waals surface area contributed by atoms with Crippen LogP contribution >= 0.6 is 0 Å². The number of fused-ring (bicyclic) bond motifs is 1. The summed E-state index contributed by atoms with van der Waals surface area (Å²) in [6.45, 7) is 3.03. The van der Waals surface area contributed by atoms with Gasteiger partial charge in [-0.15, -0.1) is 0 Å². The highest BCUT2D eigenvalue weighted by Gasteiger charge is 2.45. The largest absolute Gasteiger partial charge is 0.461 e. The molecule has 182 valence electrons. The van der Waals surface area contributed by atoms with Crippen LogP contribution in [-0.4, -0.2) is 57.3 Å². The summed E-state index contributed by atoms with van der Waals surface area (Å²) in [5.74, 6) is -0.159. The number of amides is 1. The van der Waals surface area contributed by atoms with Crippen molar-refractivity contribution in [2.24, 2.45) is 7.05 Å². The van der Waals surface area contributed by atoms with Crippen molar-refractivity contribution in [3.63, 3.8) is 0 Å². The van der Waals surface area contributed by atoms with Crippen LogP contribution in [0.3, 0.4) is 0 Å². The Morgan fingerprint density at radius 2 is 1.97 bits per heavy atom. The molecule has 0 radical (unpaired) electrons. The van der Waals surface area contributed by atoms with Gasteiger partial charge in [-0.1, -0.05) is 6.07 Å². The van der Waals surface area contributed by atoms with Gasteiger partial charge in [-0.3, -0.25) is 9.48 Å². The number of sulfone groups is 1. The smallest absolute Gasteiger partial charge is 0.251 e. The third-order valence-electron chi connectivity index (χ3n) is 5.86. The molecule has 5 rings (SSSR count). The fourth-order valence-electron chi connectivity index (χ4n) is 4.47. The Bertz CT molecular complexity index is 1550. The fourth-order valence-corrected chi connectivity index (χ4v) is 6.48. The number of rotatable bonds is 6. The van der Waals surface area contributed by atoms with Gasteiger partial charge in [0.15, 0.2) is 9.84 Å². The van der Waals surface area contributed by atoms with Crippen LogP contribution in [0.2, 0.25) is 0 Å². The van der Waals surface area contributed by atoms with Gasteiger partial charge < -0.3 is 10.1 Å². The molecule has 35 heavy (non-hydrogen) atoms. The topological polar surface area (TPSA) is 108 Å². The lowest BCUT2D eigenvalue weighted by atomic mass is 10.0. The number of halogens is 1. The Balaban J connectivity index is 1.59. The second-order valence-corrected chi connectivity index (χ2v) is 11.1. The lowest BCUT2D eigenvalue weighted by Gasteiger charge is -2.38. The van der Waals surface area contributed by atoms with E-state index in [0.29, 0.717) is 28.1 Å². The second kappa shape index (κ2) is 8.19. The molecular formula is C24H24FN5O4S. The lowest BCUT2D eigenvalue weighted by Crippen LogP contribution is -2.63. The number of alkyl halides is 1. The van der Waals surface area contributed by atoms with Crippen LogP contribution in [0.4, 0.5) is 4.39 Å². The van der Waals surface area contributed by atoms with Crippen LogP contribution < -0.4 is 10.1 Å². The zero-order chi connectivity index (χ0) is 25.0. The first-order valence-electron chi connectivity index (χ1n) is 11.0. The highest BCUT2D eigenvalue weighted by atomic mass is 32.2. The van der Waals surface area contributed by atoms with Crippen molar-refractivity contribution in [2.45, 2.75) is 25.7 Å². The number of carbonyl (C=O) groups excluding carboxylic acids is 1. The molecule has 1 fully saturated rings. The molecule has 1 atom stereocenters. The monoisotopic (exact) mass is 497 g/mol. The number of aryl methyl sites for hydroxylation is 1. The Morgan fingerprint density at radius 3 is 2.63 bits per heavy atom. The van der Waals surface area contributed by atoms with E-state index in [9.17, 15) is 17.6 Å². The molecule has 11 heteroatoms. The molecule has 0 bridgehead atoms. The summed E-state index contributed by atoms with van der Waals surface area (Å²) >= 11 is 0. The number of nitrogens with one attached hydrogen (secondary N) is 1. The van der Waals surface area contributed by atoms with Crippen LogP contribution in [0, 0.1) is 0 Å². The lowest BCUT2D eigenvalue weighted by molar-refractivity contribution is 0.0859. The molecule has 4 aromatic rings. The standard InChI is InChI=1S/C24H24FN5O4S/c1-15(25)34-18-6-4-5-17(12-18)30-20-8-7-16(23(31)27-24(2)13-35(32,33)14-24)11-19(20)22(28-30)21-9-10-26-29(21)3/h4-12,15H,13-14H2,1-3H3,(H,27,31). The average molecular weight is 498 g/mol. The Morgan fingerprint density at radius 1 is 1.20 bits per heavy atom. The van der Waals surface area contributed by atoms with E-state index in [1.54, 1.807) is 65.9 Å². The molecular weight excluding hydrogens is 473 g/mol. The minimum absolute atomic E-state index is 0.0813. The molecule has 1 aliphatic heterocycles. The van der Waals surface area contributed by atoms with Crippen LogP contribution in [0.25, 0.3) is 28.0 Å². The van der Waals surface area contributed by atoms with E-state index in [2.05, 4.69) is 10.4 Å². The maximum Gasteiger partial charge on any atom is 0.251 e. The van der Waals surface area contributed by atoms with Crippen molar-refractivity contribution >= 4 is 26.6 Å². The number of aromatic nitrogens is 4. The summed E-state index contributed by atoms with van der Waals surface area (Å²) in [5, 5.41) is 12.6. The maximum atomic E-state index is 13.4. The Kier molecular flexibility index (Phi) is 5.39. The molecule has 2 aromatic carbocycles. The van der Waals surface area contributed by atoms with Gasteiger partial charge in [-0.2, -0.15) is 10.2 Å². The average Bonchev–Trinajstić information content (AvgIpc) is 3.34. The summed E-state index contributed by atoms with van der Waals surface area (Å²) in [4.78, 5) is 13.0. The van der Waals surface area contributed by atoms with E-state index >= 15 is 0 Å². The van der Waals surface area contributed by atoms with Gasteiger partial charge in [0.05, 0.1) is 33.9 Å². The quantitative estimate of drug-likeness (QED) is 0.439. The van der Waals surface area contributed by atoms with Crippen LogP contribution in [0.5, 0.6) is 5.75 Å². The van der Waals surface area contributed by atoms with E-state index in [1.807, 2.05) is 12.1 Å². The first-order chi connectivity index (χ1) is 16.5. The number of benzene rings is 2. The summed E-state index contributed by atoms with van der Waals surface area (Å²) < 4.78 is 45.2. The minimum Gasteiger partial charge on any atom is -0.461 e. The molecule has 1 aliphatic rings. The molecule has 0 aliphatic carbocycles. The van der Waals surface area contributed by atoms with Crippen LogP contribution in [-0.2, 0) is 16.9 Å². The molecule has 0 spiro atoms. The van der Waals surface area contributed by atoms with Gasteiger partial charge in [-0.05, 0) is 43.3 Å². The highest BCUT2D eigenvalue weighted by Crippen LogP contribution is 2.32. The molecule has 2 aromatic heterocycles. The van der Waals surface area contributed by atoms with Crippen LogP contribution in [0.1, 0.15) is 24.2 Å². The predicted octanol–water partition coefficient (Wildman–Crippen LogP) is 3.04. The van der Waals surface area contributed by atoms with Crippen molar-refractivity contribution < 1.29 is 22.3 Å². The van der Waals surface area contributed by atoms with Gasteiger partial charge in [0.1, 0.15) is 11.4 Å². The van der Waals surface area contributed by atoms with E-state index in [1.165, 1.54) is 6.92 Å². The molecule has 9 nitrogen and oxygen atoms in total. The minimum atomic E-state index is -3.10. The van der Waals surface area contributed by atoms with Crippen molar-refractivity contribution in [2.75, 3.05) is 11.5 Å². The third kappa shape index (κ3) is 4.39. The van der Waals surface area contributed by atoms with Crippen molar-refractivity contribution in [1.82, 2.24) is 24.9 Å². The number of nitrogens with zero attached hydrogens (tertiary/aromatic N) is 4. The SMILES string of the molecule is CC(F)Oc1cccc(-n2nc(-c3ccnn3C)c3cc(C(=O)NC4(C)CS(=O)(=O)C4)ccc32)c1. The number of ether oxygens (including phenoxy) is 1. The van der Waals surface area contributed by atoms with Gasteiger partial charge in [0, 0.05) is 37.2 Å². The van der Waals surface area contributed by atoms with Gasteiger partial charge >= 0.3 is 0 Å². The van der Waals surface area contributed by atoms with Crippen molar-refractivity contribution in [3.8, 4) is 22.8 Å². The summed E-state index contributed by atoms with van der Waals surface area (Å²) in [7, 11) is -1.31. The molecule has 1 unspecified atom stereocenters. The van der Waals surface area contributed by atoms with E-state index in [0.717, 1.165) is 11.2 Å². The molecule has 1 amide bonds. The van der Waals surface area contributed by atoms with Gasteiger partial charge in [-0.25, -0.2) is 17.5 Å². The molecule has 1 saturated heterocycles. The van der Waals surface area contributed by atoms with Crippen molar-refractivity contribution in [1.29, 1.82) is 0 Å². The predicted molar refractivity (Wildman–Crippen MR) is 129 cm³/mol. The maximum absolute atomic E-state index is 13.4. The van der Waals surface area contributed by atoms with Crippen LogP contribution in [0.15, 0.2) is 54.7 Å². The molecule has 3 heterocycles. The summed E-state index contributed by atoms with van der Waals surface area (Å²) in [5.41, 5.74) is 2.33. The number of hydrogen-bond donors (Lipinski definition) is 1. The summed E-state index contributed by atoms with van der Waals surface area (Å²) in [6.07, 6.45) is 0.198. The first kappa shape index (κ1) is 23.0. The normalized spacial score (nSPS) is 17.0. The van der Waals surface area contributed by atoms with Gasteiger partial charge in [0.2, 0.25) is 6.36 Å². The van der Waals surface area contributed by atoms with Crippen molar-refractivity contribution in [3.05, 3.63) is 60.3 Å². The fraction of sp³-hybridized carbons (Fsp3) is 0.292. The zero-order valence-electron chi connectivity index (χ0n) is 19.4. The number of hydrogen-bond acceptors (Lipinski definition) is 6. The zero-order valence-corrected chi connectivity index (χ0v) is 20.2. The first-order valence-corrected chi connectivity index (χ1v) is 12.8. The number of carbonyl (C=O) groups is 1. The Hall–Kier alpha value is -3.73.